The van der Waals surface area contributed by atoms with Crippen LogP contribution in [0, 0.1) is 0 Å². The molecule has 0 aromatic carbocycles. The first-order valence-corrected chi connectivity index (χ1v) is 17.3. The second-order valence-electron chi connectivity index (χ2n) is 11.4. The second-order valence-corrected chi connectivity index (χ2v) is 11.4. The molecular weight excluding hydrogens is 446 g/mol. The van der Waals surface area contributed by atoms with Crippen molar-refractivity contribution in [1.29, 1.82) is 0 Å². The van der Waals surface area contributed by atoms with Crippen LogP contribution in [-0.2, 0) is 0 Å². The molecule has 0 aromatic rings. The van der Waals surface area contributed by atoms with Crippen LogP contribution in [0.4, 0.5) is 0 Å². The van der Waals surface area contributed by atoms with Gasteiger partial charge in [-0.25, -0.2) is 0 Å². The average Bonchev–Trinajstić information content (AvgIpc) is 2.91. The van der Waals surface area contributed by atoms with E-state index in [4.69, 9.17) is 5.73 Å². The fourth-order valence-electron chi connectivity index (χ4n) is 4.88. The molecule has 0 aliphatic rings. The van der Waals surface area contributed by atoms with E-state index in [0.29, 0.717) is 0 Å². The molecule has 0 aliphatic carbocycles. The van der Waals surface area contributed by atoms with Gasteiger partial charge in [0.15, 0.2) is 0 Å². The fourth-order valence-corrected chi connectivity index (χ4v) is 4.88. The lowest BCUT2D eigenvalue weighted by Gasteiger charge is -2.02. The molecule has 0 rings (SSSR count). The van der Waals surface area contributed by atoms with Gasteiger partial charge in [0.1, 0.15) is 0 Å². The van der Waals surface area contributed by atoms with Crippen molar-refractivity contribution in [3.05, 3.63) is 24.8 Å². The van der Waals surface area contributed by atoms with Crippen molar-refractivity contribution in [3.8, 4) is 0 Å². The van der Waals surface area contributed by atoms with Gasteiger partial charge >= 0.3 is 0 Å². The molecule has 0 heterocycles. The average molecular weight is 520 g/mol. The minimum atomic E-state index is 0.862. The van der Waals surface area contributed by atoms with Crippen molar-refractivity contribution in [1.82, 2.24) is 0 Å². The molecule has 0 bridgehead atoms. The summed E-state index contributed by atoms with van der Waals surface area (Å²) >= 11 is 0. The zero-order chi connectivity index (χ0) is 27.3. The molecule has 0 saturated carbocycles. The Hall–Kier alpha value is -0.560. The molecule has 0 spiro atoms. The number of nitrogens with two attached hydrogens (primary N) is 1. The Morgan fingerprint density at radius 3 is 0.946 bits per heavy atom. The SMILES string of the molecule is C=CCCCCCCCCCCCCCCCC.CCCCCCCC/C=C\CCCCCCCCN. The van der Waals surface area contributed by atoms with E-state index in [9.17, 15) is 0 Å². The Labute approximate surface area is 236 Å². The number of unbranched alkanes of at least 4 members (excludes halogenated alkanes) is 26. The van der Waals surface area contributed by atoms with Crippen LogP contribution in [0.3, 0.4) is 0 Å². The van der Waals surface area contributed by atoms with E-state index >= 15 is 0 Å². The topological polar surface area (TPSA) is 26.0 Å². The summed E-state index contributed by atoms with van der Waals surface area (Å²) in [5.41, 5.74) is 5.47. The summed E-state index contributed by atoms with van der Waals surface area (Å²) in [7, 11) is 0. The summed E-state index contributed by atoms with van der Waals surface area (Å²) < 4.78 is 0. The van der Waals surface area contributed by atoms with E-state index in [1.807, 2.05) is 6.08 Å². The summed E-state index contributed by atoms with van der Waals surface area (Å²) in [5.74, 6) is 0. The van der Waals surface area contributed by atoms with Gasteiger partial charge in [0.2, 0.25) is 0 Å². The standard InChI is InChI=1S/C18H37N.C18H36/c1-2-3-4-5-6-7-8-9-10-11-12-13-14-15-16-17-18-19;1-3-5-7-9-11-13-15-17-18-16-14-12-10-8-6-4-2/h9-10H,2-8,11-19H2,1H3;3H,1,4-18H2,2H3/b10-9-;. The minimum Gasteiger partial charge on any atom is -0.330 e. The Balaban J connectivity index is 0. The van der Waals surface area contributed by atoms with Crippen molar-refractivity contribution in [2.75, 3.05) is 6.54 Å². The first-order chi connectivity index (χ1) is 18.3. The predicted octanol–water partition coefficient (Wildman–Crippen LogP) is 13.0. The highest BCUT2D eigenvalue weighted by Crippen LogP contribution is 2.13. The minimum absolute atomic E-state index is 0.862. The van der Waals surface area contributed by atoms with Crippen molar-refractivity contribution in [2.24, 2.45) is 5.73 Å². The Kier molecular flexibility index (Phi) is 41.7. The van der Waals surface area contributed by atoms with Crippen molar-refractivity contribution in [3.63, 3.8) is 0 Å². The van der Waals surface area contributed by atoms with Gasteiger partial charge in [-0.05, 0) is 51.5 Å². The van der Waals surface area contributed by atoms with Gasteiger partial charge in [-0.1, -0.05) is 173 Å². The molecule has 1 nitrogen and oxygen atoms in total. The van der Waals surface area contributed by atoms with E-state index in [2.05, 4.69) is 32.6 Å². The van der Waals surface area contributed by atoms with E-state index in [1.54, 1.807) is 0 Å². The first kappa shape index (κ1) is 38.6. The van der Waals surface area contributed by atoms with E-state index in [1.165, 1.54) is 186 Å². The van der Waals surface area contributed by atoms with Crippen LogP contribution in [0.2, 0.25) is 0 Å². The van der Waals surface area contributed by atoms with Crippen LogP contribution >= 0.6 is 0 Å². The first-order valence-electron chi connectivity index (χ1n) is 17.3. The number of allylic oxidation sites excluding steroid dienone is 3. The van der Waals surface area contributed by atoms with Gasteiger partial charge < -0.3 is 5.73 Å². The van der Waals surface area contributed by atoms with Gasteiger partial charge in [-0.15, -0.1) is 6.58 Å². The zero-order valence-electron chi connectivity index (χ0n) is 26.2. The molecule has 0 radical (unpaired) electrons. The number of rotatable bonds is 30. The molecule has 0 aromatic heterocycles. The summed E-state index contributed by atoms with van der Waals surface area (Å²) in [5, 5.41) is 0. The van der Waals surface area contributed by atoms with Crippen LogP contribution in [0.5, 0.6) is 0 Å². The highest BCUT2D eigenvalue weighted by atomic mass is 14.5. The van der Waals surface area contributed by atoms with Gasteiger partial charge in [0.25, 0.3) is 0 Å². The second kappa shape index (κ2) is 39.9. The molecule has 222 valence electrons. The smallest absolute Gasteiger partial charge is 0.00773 e. The third-order valence-electron chi connectivity index (χ3n) is 7.48. The summed E-state index contributed by atoms with van der Waals surface area (Å²) in [6.45, 7) is 9.19. The molecule has 0 saturated heterocycles. The van der Waals surface area contributed by atoms with Crippen LogP contribution in [0.1, 0.15) is 200 Å². The van der Waals surface area contributed by atoms with E-state index in [0.717, 1.165) is 6.54 Å². The van der Waals surface area contributed by atoms with Gasteiger partial charge in [0.05, 0.1) is 0 Å². The molecular formula is C36H73N. The van der Waals surface area contributed by atoms with Crippen LogP contribution in [0.15, 0.2) is 24.8 Å². The number of hydrogen-bond acceptors (Lipinski definition) is 1. The maximum absolute atomic E-state index is 5.47. The summed E-state index contributed by atoms with van der Waals surface area (Å²) in [4.78, 5) is 0. The van der Waals surface area contributed by atoms with Crippen LogP contribution in [-0.4, -0.2) is 6.54 Å². The fraction of sp³-hybridized carbons (Fsp3) is 0.889. The molecule has 0 atom stereocenters. The highest BCUT2D eigenvalue weighted by Gasteiger charge is 1.94. The summed E-state index contributed by atoms with van der Waals surface area (Å²) in [6.07, 6.45) is 47.3. The molecule has 0 unspecified atom stereocenters. The van der Waals surface area contributed by atoms with E-state index < -0.39 is 0 Å². The molecule has 37 heavy (non-hydrogen) atoms. The van der Waals surface area contributed by atoms with Gasteiger partial charge in [-0.2, -0.15) is 0 Å². The predicted molar refractivity (Wildman–Crippen MR) is 174 cm³/mol. The largest absolute Gasteiger partial charge is 0.330 e. The maximum Gasteiger partial charge on any atom is -0.00773 e. The van der Waals surface area contributed by atoms with Crippen molar-refractivity contribution < 1.29 is 0 Å². The zero-order valence-corrected chi connectivity index (χ0v) is 26.2. The Morgan fingerprint density at radius 2 is 0.649 bits per heavy atom. The molecule has 0 fully saturated rings. The monoisotopic (exact) mass is 520 g/mol. The van der Waals surface area contributed by atoms with E-state index in [-0.39, 0.29) is 0 Å². The molecule has 0 aliphatic heterocycles. The molecule has 1 heteroatoms. The maximum atomic E-state index is 5.47. The van der Waals surface area contributed by atoms with Crippen LogP contribution < -0.4 is 5.73 Å². The summed E-state index contributed by atoms with van der Waals surface area (Å²) in [6, 6.07) is 0. The highest BCUT2D eigenvalue weighted by molar-refractivity contribution is 4.81. The normalized spacial score (nSPS) is 11.1. The lowest BCUT2D eigenvalue weighted by atomic mass is 10.0. The number of hydrogen-bond donors (Lipinski definition) is 1. The van der Waals surface area contributed by atoms with Crippen molar-refractivity contribution in [2.45, 2.75) is 200 Å². The lowest BCUT2D eigenvalue weighted by Crippen LogP contribution is -1.97. The Morgan fingerprint density at radius 1 is 0.378 bits per heavy atom. The van der Waals surface area contributed by atoms with Crippen molar-refractivity contribution >= 4 is 0 Å². The molecule has 0 amide bonds. The third-order valence-corrected chi connectivity index (χ3v) is 7.48. The van der Waals surface area contributed by atoms with Gasteiger partial charge in [0, 0.05) is 0 Å². The lowest BCUT2D eigenvalue weighted by molar-refractivity contribution is 0.536. The van der Waals surface area contributed by atoms with Gasteiger partial charge in [-0.3, -0.25) is 0 Å². The quantitative estimate of drug-likeness (QED) is 0.0740. The molecule has 2 N–H and O–H groups in total. The third kappa shape index (κ3) is 42.8. The Bertz CT molecular complexity index is 399. The van der Waals surface area contributed by atoms with Crippen LogP contribution in [0.25, 0.3) is 0 Å².